The van der Waals surface area contributed by atoms with Crippen LogP contribution in [0.2, 0.25) is 0 Å². The average molecular weight is 278 g/mol. The number of rotatable bonds is 7. The summed E-state index contributed by atoms with van der Waals surface area (Å²) in [5, 5.41) is 0. The van der Waals surface area contributed by atoms with Gasteiger partial charge in [0.25, 0.3) is 5.56 Å². The third-order valence-electron chi connectivity index (χ3n) is 3.85. The highest BCUT2D eigenvalue weighted by Crippen LogP contribution is 2.27. The predicted molar refractivity (Wildman–Crippen MR) is 82.0 cm³/mol. The third-order valence-corrected chi connectivity index (χ3v) is 3.85. The van der Waals surface area contributed by atoms with Crippen LogP contribution in [0.25, 0.3) is 0 Å². The van der Waals surface area contributed by atoms with E-state index in [2.05, 4.69) is 23.7 Å². The molecule has 0 atom stereocenters. The van der Waals surface area contributed by atoms with Crippen molar-refractivity contribution in [2.75, 3.05) is 18.0 Å². The Balaban J connectivity index is 2.25. The van der Waals surface area contributed by atoms with Gasteiger partial charge < -0.3 is 15.2 Å². The predicted octanol–water partition coefficient (Wildman–Crippen LogP) is 1.61. The van der Waals surface area contributed by atoms with Crippen LogP contribution < -0.4 is 16.2 Å². The molecule has 0 radical (unpaired) electrons. The molecular formula is C15H26N4O. The first-order valence-electron chi connectivity index (χ1n) is 7.65. The van der Waals surface area contributed by atoms with Crippen LogP contribution in [0, 0.1) is 5.92 Å². The summed E-state index contributed by atoms with van der Waals surface area (Å²) < 4.78 is 1.78. The van der Waals surface area contributed by atoms with Gasteiger partial charge in [0.15, 0.2) is 5.82 Å². The molecule has 2 rings (SSSR count). The van der Waals surface area contributed by atoms with Crippen molar-refractivity contribution in [3.63, 3.8) is 0 Å². The van der Waals surface area contributed by atoms with Crippen molar-refractivity contribution in [2.24, 2.45) is 11.7 Å². The van der Waals surface area contributed by atoms with Gasteiger partial charge >= 0.3 is 0 Å². The Bertz CT molecular complexity index is 479. The van der Waals surface area contributed by atoms with Crippen LogP contribution in [0.4, 0.5) is 5.82 Å². The van der Waals surface area contributed by atoms with Crippen molar-refractivity contribution in [1.29, 1.82) is 0 Å². The van der Waals surface area contributed by atoms with Gasteiger partial charge in [-0.15, -0.1) is 0 Å². The Hall–Kier alpha value is -1.36. The smallest absolute Gasteiger partial charge is 0.293 e. The minimum atomic E-state index is 0.0325. The zero-order chi connectivity index (χ0) is 14.5. The maximum atomic E-state index is 12.6. The molecule has 0 saturated heterocycles. The lowest BCUT2D eigenvalue weighted by molar-refractivity contribution is 0.380. The molecule has 20 heavy (non-hydrogen) atoms. The molecule has 112 valence electrons. The summed E-state index contributed by atoms with van der Waals surface area (Å²) in [5.41, 5.74) is 5.65. The number of nitrogens with two attached hydrogens (primary N) is 1. The fraction of sp³-hybridized carbons (Fsp3) is 0.733. The lowest BCUT2D eigenvalue weighted by atomic mass is 9.91. The van der Waals surface area contributed by atoms with Crippen molar-refractivity contribution < 1.29 is 0 Å². The molecule has 0 amide bonds. The van der Waals surface area contributed by atoms with E-state index in [1.807, 2.05) is 0 Å². The second kappa shape index (κ2) is 6.88. The fourth-order valence-electron chi connectivity index (χ4n) is 2.59. The van der Waals surface area contributed by atoms with Crippen molar-refractivity contribution in [3.8, 4) is 0 Å². The molecule has 1 saturated carbocycles. The van der Waals surface area contributed by atoms with E-state index in [1.165, 1.54) is 6.42 Å². The molecule has 0 unspecified atom stereocenters. The summed E-state index contributed by atoms with van der Waals surface area (Å²) in [4.78, 5) is 19.1. The van der Waals surface area contributed by atoms with Crippen LogP contribution >= 0.6 is 0 Å². The number of anilines is 1. The van der Waals surface area contributed by atoms with Crippen LogP contribution in [0.5, 0.6) is 0 Å². The molecule has 0 aliphatic heterocycles. The van der Waals surface area contributed by atoms with Gasteiger partial charge in [-0.2, -0.15) is 0 Å². The Morgan fingerprint density at radius 2 is 2.25 bits per heavy atom. The second-order valence-corrected chi connectivity index (χ2v) is 6.02. The fourth-order valence-corrected chi connectivity index (χ4v) is 2.59. The van der Waals surface area contributed by atoms with Gasteiger partial charge in [0, 0.05) is 31.5 Å². The molecule has 0 aromatic carbocycles. The molecule has 1 fully saturated rings. The van der Waals surface area contributed by atoms with Gasteiger partial charge in [-0.1, -0.05) is 13.8 Å². The molecule has 2 N–H and O–H groups in total. The van der Waals surface area contributed by atoms with E-state index >= 15 is 0 Å². The Labute approximate surface area is 120 Å². The highest BCUT2D eigenvalue weighted by molar-refractivity contribution is 5.38. The first-order valence-corrected chi connectivity index (χ1v) is 7.65. The van der Waals surface area contributed by atoms with Crippen molar-refractivity contribution >= 4 is 5.82 Å². The second-order valence-electron chi connectivity index (χ2n) is 6.02. The minimum Gasteiger partial charge on any atom is -0.349 e. The van der Waals surface area contributed by atoms with Crippen LogP contribution in [0.3, 0.4) is 0 Å². The summed E-state index contributed by atoms with van der Waals surface area (Å²) in [7, 11) is 0. The van der Waals surface area contributed by atoms with Crippen LogP contribution in [-0.2, 0) is 6.54 Å². The summed E-state index contributed by atoms with van der Waals surface area (Å²) in [6.45, 7) is 6.45. The number of hydrogen-bond donors (Lipinski definition) is 1. The molecule has 1 aliphatic rings. The maximum absolute atomic E-state index is 12.6. The first-order chi connectivity index (χ1) is 9.63. The highest BCUT2D eigenvalue weighted by atomic mass is 16.1. The van der Waals surface area contributed by atoms with Crippen LogP contribution in [0.1, 0.15) is 39.5 Å². The molecular weight excluding hydrogens is 252 g/mol. The first kappa shape index (κ1) is 15.0. The Morgan fingerprint density at radius 3 is 2.80 bits per heavy atom. The lowest BCUT2D eigenvalue weighted by Gasteiger charge is -2.38. The summed E-state index contributed by atoms with van der Waals surface area (Å²) >= 11 is 0. The molecule has 0 spiro atoms. The number of hydrogen-bond acceptors (Lipinski definition) is 4. The third kappa shape index (κ3) is 3.39. The molecule has 1 heterocycles. The standard InChI is InChI=1S/C15H26N4O/c1-12(2)11-18-10-8-17-14(15(18)20)19(9-4-7-16)13-5-3-6-13/h8,10,12-13H,3-7,9,11,16H2,1-2H3. The van der Waals surface area contributed by atoms with E-state index < -0.39 is 0 Å². The lowest BCUT2D eigenvalue weighted by Crippen LogP contribution is -2.45. The van der Waals surface area contributed by atoms with E-state index in [0.717, 1.165) is 32.4 Å². The van der Waals surface area contributed by atoms with Gasteiger partial charge in [-0.05, 0) is 38.1 Å². The molecule has 1 aromatic heterocycles. The molecule has 0 bridgehead atoms. The summed E-state index contributed by atoms with van der Waals surface area (Å²) in [6, 6.07) is 0.469. The van der Waals surface area contributed by atoms with E-state index in [1.54, 1.807) is 17.0 Å². The molecule has 1 aromatic rings. The Kier molecular flexibility index (Phi) is 5.17. The molecule has 5 heteroatoms. The van der Waals surface area contributed by atoms with E-state index in [4.69, 9.17) is 5.73 Å². The van der Waals surface area contributed by atoms with E-state index in [0.29, 0.717) is 24.3 Å². The number of aromatic nitrogens is 2. The highest BCUT2D eigenvalue weighted by Gasteiger charge is 2.27. The van der Waals surface area contributed by atoms with Gasteiger partial charge in [0.2, 0.25) is 0 Å². The van der Waals surface area contributed by atoms with E-state index in [-0.39, 0.29) is 5.56 Å². The monoisotopic (exact) mass is 278 g/mol. The van der Waals surface area contributed by atoms with Crippen molar-refractivity contribution in [2.45, 2.75) is 52.1 Å². The van der Waals surface area contributed by atoms with Crippen LogP contribution in [0.15, 0.2) is 17.2 Å². The topological polar surface area (TPSA) is 64.2 Å². The SMILES string of the molecule is CC(C)Cn1ccnc(N(CCCN)C2CCC2)c1=O. The van der Waals surface area contributed by atoms with E-state index in [9.17, 15) is 4.79 Å². The number of nitrogens with zero attached hydrogens (tertiary/aromatic N) is 3. The molecule has 5 nitrogen and oxygen atoms in total. The summed E-state index contributed by atoms with van der Waals surface area (Å²) in [6.07, 6.45) is 7.99. The van der Waals surface area contributed by atoms with Crippen molar-refractivity contribution in [3.05, 3.63) is 22.7 Å². The zero-order valence-electron chi connectivity index (χ0n) is 12.6. The van der Waals surface area contributed by atoms with Crippen molar-refractivity contribution in [1.82, 2.24) is 9.55 Å². The van der Waals surface area contributed by atoms with Gasteiger partial charge in [0.1, 0.15) is 0 Å². The largest absolute Gasteiger partial charge is 0.349 e. The van der Waals surface area contributed by atoms with Crippen LogP contribution in [-0.4, -0.2) is 28.7 Å². The normalized spacial score (nSPS) is 15.4. The average Bonchev–Trinajstić information content (AvgIpc) is 2.34. The van der Waals surface area contributed by atoms with Gasteiger partial charge in [0.05, 0.1) is 0 Å². The minimum absolute atomic E-state index is 0.0325. The maximum Gasteiger partial charge on any atom is 0.293 e. The Morgan fingerprint density at radius 1 is 1.50 bits per heavy atom. The quantitative estimate of drug-likeness (QED) is 0.823. The summed E-state index contributed by atoms with van der Waals surface area (Å²) in [5.74, 6) is 1.05. The zero-order valence-corrected chi connectivity index (χ0v) is 12.6. The van der Waals surface area contributed by atoms with Gasteiger partial charge in [-0.3, -0.25) is 4.79 Å². The van der Waals surface area contributed by atoms with Gasteiger partial charge in [-0.25, -0.2) is 4.98 Å². The molecule has 1 aliphatic carbocycles.